The van der Waals surface area contributed by atoms with Gasteiger partial charge in [0.25, 0.3) is 0 Å². The second-order valence-electron chi connectivity index (χ2n) is 12.0. The van der Waals surface area contributed by atoms with Crippen LogP contribution in [0.15, 0.2) is 41.8 Å². The van der Waals surface area contributed by atoms with Crippen LogP contribution in [0.2, 0.25) is 0 Å². The summed E-state index contributed by atoms with van der Waals surface area (Å²) >= 11 is 1.58. The van der Waals surface area contributed by atoms with Crippen LogP contribution in [0.25, 0.3) is 10.1 Å². The molecule has 43 heavy (non-hydrogen) atoms. The molecule has 1 saturated heterocycles. The number of aryl methyl sites for hydroxylation is 1. The first-order valence-corrected chi connectivity index (χ1v) is 17.1. The van der Waals surface area contributed by atoms with E-state index in [2.05, 4.69) is 41.0 Å². The van der Waals surface area contributed by atoms with Crippen molar-refractivity contribution in [3.63, 3.8) is 0 Å². The number of halogens is 1. The standard InChI is InChI=1S/C35H46FN3O3S/c1-2-3-4-5-6-7-8-9-10-35(41)42-26-39-31-23-27(11-12-28(31)13-14-34(39)40)15-17-37-18-20-38(21-19-37)32-24-29(36)25-33-30(32)16-22-43-33/h11-12,16,22-25H,2-10,13-15,17-21,26H2,1H3. The second-order valence-corrected chi connectivity index (χ2v) is 12.9. The van der Waals surface area contributed by atoms with Crippen molar-refractivity contribution in [2.45, 2.75) is 84.0 Å². The van der Waals surface area contributed by atoms with Crippen LogP contribution in [-0.2, 0) is 27.2 Å². The third kappa shape index (κ3) is 8.57. The van der Waals surface area contributed by atoms with E-state index < -0.39 is 0 Å². The number of unbranched alkanes of at least 4 members (excludes halogenated alkanes) is 7. The number of carbonyl (C=O) groups is 2. The van der Waals surface area contributed by atoms with Crippen LogP contribution >= 0.6 is 11.3 Å². The van der Waals surface area contributed by atoms with Gasteiger partial charge in [0.15, 0.2) is 6.73 Å². The lowest BCUT2D eigenvalue weighted by Gasteiger charge is -2.36. The van der Waals surface area contributed by atoms with Crippen molar-refractivity contribution in [3.8, 4) is 0 Å². The number of thiophene rings is 1. The predicted octanol–water partition coefficient (Wildman–Crippen LogP) is 7.72. The molecule has 2 aliphatic heterocycles. The van der Waals surface area contributed by atoms with Gasteiger partial charge in [0.05, 0.1) is 5.69 Å². The van der Waals surface area contributed by atoms with Gasteiger partial charge in [-0.3, -0.25) is 19.4 Å². The minimum Gasteiger partial charge on any atom is -0.444 e. The Hall–Kier alpha value is -2.97. The van der Waals surface area contributed by atoms with Crippen molar-refractivity contribution in [2.24, 2.45) is 0 Å². The summed E-state index contributed by atoms with van der Waals surface area (Å²) in [6, 6.07) is 11.8. The van der Waals surface area contributed by atoms with Crippen molar-refractivity contribution in [1.82, 2.24) is 4.90 Å². The van der Waals surface area contributed by atoms with Gasteiger partial charge in [-0.15, -0.1) is 11.3 Å². The molecule has 5 rings (SSSR count). The average Bonchev–Trinajstić information content (AvgIpc) is 3.49. The summed E-state index contributed by atoms with van der Waals surface area (Å²) in [4.78, 5) is 31.6. The molecule has 0 saturated carbocycles. The number of hydrogen-bond donors (Lipinski definition) is 0. The van der Waals surface area contributed by atoms with Gasteiger partial charge >= 0.3 is 5.97 Å². The van der Waals surface area contributed by atoms with Crippen molar-refractivity contribution in [2.75, 3.05) is 49.3 Å². The molecule has 6 nitrogen and oxygen atoms in total. The van der Waals surface area contributed by atoms with Crippen LogP contribution in [0.5, 0.6) is 0 Å². The van der Waals surface area contributed by atoms with E-state index in [9.17, 15) is 14.0 Å². The zero-order chi connectivity index (χ0) is 30.0. The van der Waals surface area contributed by atoms with Gasteiger partial charge in [-0.05, 0) is 60.0 Å². The second kappa shape index (κ2) is 15.7. The highest BCUT2D eigenvalue weighted by Gasteiger charge is 2.26. The monoisotopic (exact) mass is 607 g/mol. The molecule has 1 fully saturated rings. The number of ether oxygens (including phenoxy) is 1. The van der Waals surface area contributed by atoms with E-state index in [-0.39, 0.29) is 24.4 Å². The summed E-state index contributed by atoms with van der Waals surface area (Å²) in [5, 5.41) is 3.16. The quantitative estimate of drug-likeness (QED) is 0.131. The molecule has 0 atom stereocenters. The average molecular weight is 608 g/mol. The Bertz CT molecular complexity index is 1370. The topological polar surface area (TPSA) is 53.1 Å². The normalized spacial score (nSPS) is 15.7. The molecule has 0 unspecified atom stereocenters. The fraction of sp³-hybridized carbons (Fsp3) is 0.543. The summed E-state index contributed by atoms with van der Waals surface area (Å²) in [5.74, 6) is -0.387. The molecule has 2 aromatic carbocycles. The Balaban J connectivity index is 1.08. The maximum atomic E-state index is 14.2. The molecule has 0 N–H and O–H groups in total. The minimum absolute atomic E-state index is 0.00935. The Morgan fingerprint density at radius 3 is 2.47 bits per heavy atom. The first-order valence-electron chi connectivity index (χ1n) is 16.2. The Labute approximate surface area is 259 Å². The Morgan fingerprint density at radius 1 is 0.907 bits per heavy atom. The fourth-order valence-corrected chi connectivity index (χ4v) is 7.10. The van der Waals surface area contributed by atoms with E-state index in [4.69, 9.17) is 4.74 Å². The number of anilines is 2. The zero-order valence-electron chi connectivity index (χ0n) is 25.6. The van der Waals surface area contributed by atoms with E-state index in [1.54, 1.807) is 28.4 Å². The third-order valence-corrected chi connectivity index (χ3v) is 9.75. The third-order valence-electron chi connectivity index (χ3n) is 8.88. The molecule has 1 amide bonds. The summed E-state index contributed by atoms with van der Waals surface area (Å²) in [7, 11) is 0. The molecule has 0 radical (unpaired) electrons. The van der Waals surface area contributed by atoms with Gasteiger partial charge in [0.2, 0.25) is 5.91 Å². The smallest absolute Gasteiger partial charge is 0.307 e. The van der Waals surface area contributed by atoms with Crippen molar-refractivity contribution < 1.29 is 18.7 Å². The van der Waals surface area contributed by atoms with E-state index in [0.717, 1.165) is 85.4 Å². The number of hydrogen-bond acceptors (Lipinski definition) is 6. The van der Waals surface area contributed by atoms with E-state index in [1.165, 1.54) is 44.1 Å². The number of esters is 1. The van der Waals surface area contributed by atoms with Crippen LogP contribution < -0.4 is 9.80 Å². The van der Waals surface area contributed by atoms with Crippen molar-refractivity contribution in [1.29, 1.82) is 0 Å². The van der Waals surface area contributed by atoms with Crippen LogP contribution in [-0.4, -0.2) is 56.2 Å². The summed E-state index contributed by atoms with van der Waals surface area (Å²) in [6.07, 6.45) is 11.9. The lowest BCUT2D eigenvalue weighted by Crippen LogP contribution is -2.47. The molecule has 3 heterocycles. The zero-order valence-corrected chi connectivity index (χ0v) is 26.4. The molecule has 232 valence electrons. The number of rotatable bonds is 15. The van der Waals surface area contributed by atoms with Crippen LogP contribution in [0.1, 0.15) is 82.3 Å². The lowest BCUT2D eigenvalue weighted by molar-refractivity contribution is -0.144. The SMILES string of the molecule is CCCCCCCCCCC(=O)OCN1C(=O)CCc2ccc(CCN3CCN(c4cc(F)cc5sccc45)CC3)cc21. The number of nitrogens with zero attached hydrogens (tertiary/aromatic N) is 3. The highest BCUT2D eigenvalue weighted by atomic mass is 32.1. The minimum atomic E-state index is -0.223. The van der Waals surface area contributed by atoms with Gasteiger partial charge in [0, 0.05) is 61.3 Å². The summed E-state index contributed by atoms with van der Waals surface area (Å²) < 4.78 is 20.8. The van der Waals surface area contributed by atoms with Crippen molar-refractivity contribution in [3.05, 3.63) is 58.7 Å². The first-order chi connectivity index (χ1) is 21.0. The molecular weight excluding hydrogens is 561 g/mol. The first kappa shape index (κ1) is 31.5. The van der Waals surface area contributed by atoms with Crippen LogP contribution in [0.3, 0.4) is 0 Å². The molecule has 0 spiro atoms. The molecular formula is C35H46FN3O3S. The number of amides is 1. The summed E-state index contributed by atoms with van der Waals surface area (Å²) in [5.41, 5.74) is 4.18. The Kier molecular flexibility index (Phi) is 11.5. The molecule has 8 heteroatoms. The van der Waals surface area contributed by atoms with Gasteiger partial charge < -0.3 is 9.64 Å². The number of carbonyl (C=O) groups excluding carboxylic acids is 2. The van der Waals surface area contributed by atoms with E-state index in [0.29, 0.717) is 12.8 Å². The predicted molar refractivity (Wildman–Crippen MR) is 175 cm³/mol. The van der Waals surface area contributed by atoms with Gasteiger partial charge in [-0.25, -0.2) is 4.39 Å². The number of piperazine rings is 1. The maximum absolute atomic E-state index is 14.2. The van der Waals surface area contributed by atoms with Gasteiger partial charge in [-0.2, -0.15) is 0 Å². The number of benzene rings is 2. The molecule has 0 bridgehead atoms. The van der Waals surface area contributed by atoms with E-state index in [1.807, 2.05) is 5.38 Å². The van der Waals surface area contributed by atoms with Gasteiger partial charge in [-0.1, -0.05) is 64.0 Å². The van der Waals surface area contributed by atoms with Gasteiger partial charge in [0.1, 0.15) is 5.82 Å². The molecule has 0 aliphatic carbocycles. The van der Waals surface area contributed by atoms with Crippen molar-refractivity contribution >= 4 is 44.7 Å². The summed E-state index contributed by atoms with van der Waals surface area (Å²) in [6.45, 7) is 6.72. The van der Waals surface area contributed by atoms with Crippen LogP contribution in [0, 0.1) is 5.82 Å². The molecule has 1 aromatic heterocycles. The lowest BCUT2D eigenvalue weighted by atomic mass is 9.98. The highest BCUT2D eigenvalue weighted by molar-refractivity contribution is 7.17. The highest BCUT2D eigenvalue weighted by Crippen LogP contribution is 2.33. The largest absolute Gasteiger partial charge is 0.444 e. The Morgan fingerprint density at radius 2 is 1.67 bits per heavy atom. The number of fused-ring (bicyclic) bond motifs is 2. The molecule has 3 aromatic rings. The van der Waals surface area contributed by atoms with Crippen LogP contribution in [0.4, 0.5) is 15.8 Å². The maximum Gasteiger partial charge on any atom is 0.307 e. The van der Waals surface area contributed by atoms with E-state index >= 15 is 0 Å². The molecule has 2 aliphatic rings. The fourth-order valence-electron chi connectivity index (χ4n) is 6.27.